The average Bonchev–Trinajstić information content (AvgIpc) is 3.71. The zero-order chi connectivity index (χ0) is 61.4. The van der Waals surface area contributed by atoms with Gasteiger partial charge in [0.1, 0.15) is 24.4 Å². The molecule has 1 fully saturated rings. The smallest absolute Gasteiger partial charge is 0.220 e. The Morgan fingerprint density at radius 3 is 0.988 bits per heavy atom. The molecule has 0 aromatic heterocycles. The number of carbonyl (C=O) groups excluding carboxylic acids is 1. The van der Waals surface area contributed by atoms with Crippen LogP contribution in [0.2, 0.25) is 0 Å². The second kappa shape index (κ2) is 65.6. The van der Waals surface area contributed by atoms with Gasteiger partial charge < -0.3 is 40.3 Å². The number of aliphatic hydroxyl groups is 5. The molecule has 504 valence electrons. The van der Waals surface area contributed by atoms with Crippen LogP contribution in [0.25, 0.3) is 0 Å². The molecule has 7 atom stereocenters. The summed E-state index contributed by atoms with van der Waals surface area (Å²) < 4.78 is 11.3. The second-order valence-corrected chi connectivity index (χ2v) is 26.8. The number of allylic oxidation sites excluding steroid dienone is 3. The lowest BCUT2D eigenvalue weighted by molar-refractivity contribution is -0.302. The Balaban J connectivity index is 2.03. The molecule has 6 N–H and O–H groups in total. The molecule has 9 nitrogen and oxygen atoms in total. The summed E-state index contributed by atoms with van der Waals surface area (Å²) in [5.41, 5.74) is 0. The van der Waals surface area contributed by atoms with Gasteiger partial charge in [-0.15, -0.1) is 0 Å². The third-order valence-corrected chi connectivity index (χ3v) is 18.5. The SMILES string of the molecule is CCCCCCCCCCCCCCCCC/C=C/CC/C=C/C(O)C(COC1OC(CO)C(O)C(O)C1O)NC(=O)CCCCCCCCCCCCCCCCCCCCCCCCCCCCCCCCCCCCCCCCCCC. The van der Waals surface area contributed by atoms with Crippen molar-refractivity contribution in [3.05, 3.63) is 24.3 Å². The van der Waals surface area contributed by atoms with E-state index in [1.54, 1.807) is 6.08 Å². The standard InChI is InChI=1S/C76H147NO8/c1-3-5-7-9-11-13-15-17-19-21-23-25-26-27-28-29-30-31-32-33-34-35-36-37-38-39-40-41-42-43-44-46-48-50-52-54-56-58-60-62-64-66-72(80)77-69(68-84-76-75(83)74(82)73(81)71(67-78)85-76)70(79)65-63-61-59-57-55-53-51-49-47-45-24-22-20-18-16-14-12-10-8-6-4-2/h55,57,63,65,69-71,73-76,78-79,81-83H,3-54,56,58-62,64,66-68H2,1-2H3,(H,77,80)/b57-55+,65-63+. The van der Waals surface area contributed by atoms with Crippen LogP contribution in [0.15, 0.2) is 24.3 Å². The van der Waals surface area contributed by atoms with Gasteiger partial charge in [0.2, 0.25) is 5.91 Å². The first-order valence-electron chi connectivity index (χ1n) is 38.1. The summed E-state index contributed by atoms with van der Waals surface area (Å²) in [6, 6.07) is -0.820. The number of unbranched alkanes of at least 4 members (excludes halogenated alkanes) is 56. The molecule has 1 saturated heterocycles. The van der Waals surface area contributed by atoms with Crippen LogP contribution in [-0.2, 0) is 14.3 Å². The summed E-state index contributed by atoms with van der Waals surface area (Å²) >= 11 is 0. The molecule has 85 heavy (non-hydrogen) atoms. The first-order chi connectivity index (χ1) is 41.8. The fourth-order valence-corrected chi connectivity index (χ4v) is 12.6. The van der Waals surface area contributed by atoms with Gasteiger partial charge in [-0.1, -0.05) is 385 Å². The van der Waals surface area contributed by atoms with Gasteiger partial charge in [0.25, 0.3) is 0 Å². The summed E-state index contributed by atoms with van der Waals surface area (Å²) in [6.07, 6.45) is 80.5. The van der Waals surface area contributed by atoms with Crippen LogP contribution in [0, 0.1) is 0 Å². The Bertz CT molecular complexity index is 1390. The molecule has 7 unspecified atom stereocenters. The predicted octanol–water partition coefficient (Wildman–Crippen LogP) is 21.2. The van der Waals surface area contributed by atoms with E-state index in [-0.39, 0.29) is 12.5 Å². The van der Waals surface area contributed by atoms with Crippen molar-refractivity contribution in [2.24, 2.45) is 0 Å². The number of aliphatic hydroxyl groups excluding tert-OH is 5. The Morgan fingerprint density at radius 1 is 0.388 bits per heavy atom. The van der Waals surface area contributed by atoms with Gasteiger partial charge in [-0.2, -0.15) is 0 Å². The van der Waals surface area contributed by atoms with Gasteiger partial charge in [-0.05, 0) is 32.1 Å². The van der Waals surface area contributed by atoms with Gasteiger partial charge in [0, 0.05) is 6.42 Å². The molecule has 0 spiro atoms. The molecule has 0 radical (unpaired) electrons. The second-order valence-electron chi connectivity index (χ2n) is 26.8. The highest BCUT2D eigenvalue weighted by Crippen LogP contribution is 2.24. The molecule has 1 rings (SSSR count). The van der Waals surface area contributed by atoms with Crippen molar-refractivity contribution in [1.82, 2.24) is 5.32 Å². The highest BCUT2D eigenvalue weighted by Gasteiger charge is 2.44. The van der Waals surface area contributed by atoms with Crippen LogP contribution < -0.4 is 5.32 Å². The minimum Gasteiger partial charge on any atom is -0.394 e. The van der Waals surface area contributed by atoms with Crippen LogP contribution in [-0.4, -0.2) is 87.5 Å². The van der Waals surface area contributed by atoms with E-state index in [4.69, 9.17) is 9.47 Å². The molecule has 0 aromatic carbocycles. The first-order valence-corrected chi connectivity index (χ1v) is 38.1. The van der Waals surface area contributed by atoms with Crippen molar-refractivity contribution in [3.63, 3.8) is 0 Å². The number of nitrogens with one attached hydrogen (secondary N) is 1. The lowest BCUT2D eigenvalue weighted by Gasteiger charge is -2.40. The van der Waals surface area contributed by atoms with Gasteiger partial charge in [-0.3, -0.25) is 4.79 Å². The van der Waals surface area contributed by atoms with Crippen LogP contribution in [0.5, 0.6) is 0 Å². The third kappa shape index (κ3) is 54.2. The van der Waals surface area contributed by atoms with E-state index in [1.807, 2.05) is 6.08 Å². The van der Waals surface area contributed by atoms with Crippen molar-refractivity contribution >= 4 is 5.91 Å². The predicted molar refractivity (Wildman–Crippen MR) is 364 cm³/mol. The summed E-state index contributed by atoms with van der Waals surface area (Å²) in [7, 11) is 0. The summed E-state index contributed by atoms with van der Waals surface area (Å²) in [4.78, 5) is 13.1. The Morgan fingerprint density at radius 2 is 0.671 bits per heavy atom. The monoisotopic (exact) mass is 1200 g/mol. The van der Waals surface area contributed by atoms with E-state index in [0.29, 0.717) is 6.42 Å². The van der Waals surface area contributed by atoms with Crippen molar-refractivity contribution in [3.8, 4) is 0 Å². The van der Waals surface area contributed by atoms with Crippen LogP contribution in [0.4, 0.5) is 0 Å². The van der Waals surface area contributed by atoms with E-state index in [9.17, 15) is 30.3 Å². The molecule has 0 bridgehead atoms. The number of ether oxygens (including phenoxy) is 2. The van der Waals surface area contributed by atoms with Gasteiger partial charge in [-0.25, -0.2) is 0 Å². The number of rotatable bonds is 68. The number of hydrogen-bond acceptors (Lipinski definition) is 8. The minimum absolute atomic E-state index is 0.177. The summed E-state index contributed by atoms with van der Waals surface area (Å²) in [6.45, 7) is 3.82. The molecular weight excluding hydrogens is 1050 g/mol. The van der Waals surface area contributed by atoms with E-state index < -0.39 is 49.5 Å². The Labute approximate surface area is 528 Å². The molecule has 1 aliphatic rings. The maximum Gasteiger partial charge on any atom is 0.220 e. The van der Waals surface area contributed by atoms with Crippen molar-refractivity contribution in [1.29, 1.82) is 0 Å². The van der Waals surface area contributed by atoms with Crippen LogP contribution in [0.1, 0.15) is 399 Å². The lowest BCUT2D eigenvalue weighted by Crippen LogP contribution is -2.60. The maximum atomic E-state index is 13.1. The molecule has 1 aliphatic heterocycles. The Hall–Kier alpha value is -1.33. The summed E-state index contributed by atoms with van der Waals surface area (Å²) in [5, 5.41) is 54.7. The van der Waals surface area contributed by atoms with Crippen molar-refractivity contribution in [2.45, 2.75) is 442 Å². The highest BCUT2D eigenvalue weighted by molar-refractivity contribution is 5.76. The fraction of sp³-hybridized carbons (Fsp3) is 0.934. The molecular formula is C76H147NO8. The first kappa shape index (κ1) is 81.7. The average molecular weight is 1200 g/mol. The number of carbonyl (C=O) groups is 1. The molecule has 0 aromatic rings. The number of hydrogen-bond donors (Lipinski definition) is 6. The Kier molecular flexibility index (Phi) is 63.1. The van der Waals surface area contributed by atoms with Crippen molar-refractivity contribution < 1.29 is 39.8 Å². The normalized spacial score (nSPS) is 18.1. The lowest BCUT2D eigenvalue weighted by atomic mass is 9.99. The third-order valence-electron chi connectivity index (χ3n) is 18.5. The fourth-order valence-electron chi connectivity index (χ4n) is 12.6. The minimum atomic E-state index is -1.57. The zero-order valence-corrected chi connectivity index (χ0v) is 56.7. The molecule has 1 amide bonds. The largest absolute Gasteiger partial charge is 0.394 e. The van der Waals surface area contributed by atoms with E-state index >= 15 is 0 Å². The van der Waals surface area contributed by atoms with E-state index in [0.717, 1.165) is 38.5 Å². The quantitative estimate of drug-likeness (QED) is 0.0261. The molecule has 0 saturated carbocycles. The van der Waals surface area contributed by atoms with E-state index in [2.05, 4.69) is 31.3 Å². The number of amides is 1. The topological polar surface area (TPSA) is 149 Å². The zero-order valence-electron chi connectivity index (χ0n) is 56.7. The van der Waals surface area contributed by atoms with Gasteiger partial charge in [0.15, 0.2) is 6.29 Å². The van der Waals surface area contributed by atoms with E-state index in [1.165, 1.54) is 340 Å². The van der Waals surface area contributed by atoms with Crippen LogP contribution in [0.3, 0.4) is 0 Å². The highest BCUT2D eigenvalue weighted by atomic mass is 16.7. The summed E-state index contributed by atoms with van der Waals surface area (Å²) in [5.74, 6) is -0.177. The van der Waals surface area contributed by atoms with Crippen molar-refractivity contribution in [2.75, 3.05) is 13.2 Å². The molecule has 9 heteroatoms. The van der Waals surface area contributed by atoms with Gasteiger partial charge >= 0.3 is 0 Å². The van der Waals surface area contributed by atoms with Gasteiger partial charge in [0.05, 0.1) is 25.4 Å². The molecule has 0 aliphatic carbocycles. The van der Waals surface area contributed by atoms with Crippen LogP contribution >= 0.6 is 0 Å². The maximum absolute atomic E-state index is 13.1. The molecule has 1 heterocycles.